The molecule has 0 amide bonds. The van der Waals surface area contributed by atoms with Gasteiger partial charge in [0, 0.05) is 17.9 Å². The molecule has 2 aromatic rings. The second-order valence-electron chi connectivity index (χ2n) is 4.30. The Morgan fingerprint density at radius 2 is 2.05 bits per heavy atom. The van der Waals surface area contributed by atoms with Crippen molar-refractivity contribution in [3.8, 4) is 10.8 Å². The number of carbonyl (C=O) groups is 1. The zero-order chi connectivity index (χ0) is 15.3. The Kier molecular flexibility index (Phi) is 5.17. The number of esters is 1. The predicted molar refractivity (Wildman–Crippen MR) is 80.8 cm³/mol. The summed E-state index contributed by atoms with van der Waals surface area (Å²) < 4.78 is 22.2. The van der Waals surface area contributed by atoms with Crippen molar-refractivity contribution in [1.82, 2.24) is 0 Å². The largest absolute Gasteiger partial charge is 0.425 e. The number of carbonyl (C=O) groups excluding carboxylic acids is 1. The smallest absolute Gasteiger partial charge is 0.381 e. The molecule has 1 aromatic heterocycles. The van der Waals surface area contributed by atoms with E-state index in [1.54, 1.807) is 36.6 Å². The van der Waals surface area contributed by atoms with E-state index in [2.05, 4.69) is 0 Å². The van der Waals surface area contributed by atoms with Crippen LogP contribution < -0.4 is 9.26 Å². The highest BCUT2D eigenvalue weighted by atomic mass is 32.1. The molecule has 5 nitrogen and oxygen atoms in total. The molecular weight excluding hydrogens is 311 g/mol. The minimum absolute atomic E-state index is 0.0736. The topological polar surface area (TPSA) is 72.8 Å². The summed E-state index contributed by atoms with van der Waals surface area (Å²) in [5, 5.41) is 1.81. The fraction of sp³-hybridized carbons (Fsp3) is 0.214. The van der Waals surface area contributed by atoms with E-state index in [-0.39, 0.29) is 23.6 Å². The summed E-state index contributed by atoms with van der Waals surface area (Å²) in [5.74, 6) is -0.0441. The van der Waals surface area contributed by atoms with Crippen molar-refractivity contribution in [2.24, 2.45) is 0 Å². The minimum Gasteiger partial charge on any atom is -0.425 e. The van der Waals surface area contributed by atoms with Gasteiger partial charge in [0.25, 0.3) is 0 Å². The molecule has 0 fully saturated rings. The third-order valence-electron chi connectivity index (χ3n) is 2.53. The van der Waals surface area contributed by atoms with Crippen molar-refractivity contribution >= 4 is 24.9 Å². The van der Waals surface area contributed by atoms with E-state index < -0.39 is 7.60 Å². The van der Waals surface area contributed by atoms with Crippen molar-refractivity contribution in [3.05, 3.63) is 47.3 Å². The molecule has 0 radical (unpaired) electrons. The molecule has 0 saturated carbocycles. The summed E-state index contributed by atoms with van der Waals surface area (Å²) in [7, 11) is -3.79. The van der Waals surface area contributed by atoms with Crippen molar-refractivity contribution in [2.45, 2.75) is 19.5 Å². The molecule has 2 rings (SSSR count). The summed E-state index contributed by atoms with van der Waals surface area (Å²) >= 11 is 1.11. The lowest BCUT2D eigenvalue weighted by Crippen LogP contribution is -2.04. The van der Waals surface area contributed by atoms with E-state index in [4.69, 9.17) is 9.26 Å². The van der Waals surface area contributed by atoms with Crippen LogP contribution in [0.4, 0.5) is 0 Å². The van der Waals surface area contributed by atoms with Crippen molar-refractivity contribution in [2.75, 3.05) is 0 Å². The Bertz CT molecular complexity index is 652. The molecule has 0 saturated heterocycles. The van der Waals surface area contributed by atoms with Gasteiger partial charge in [-0.05, 0) is 5.56 Å². The van der Waals surface area contributed by atoms with Gasteiger partial charge in [-0.25, -0.2) is 4.57 Å². The summed E-state index contributed by atoms with van der Waals surface area (Å²) in [6, 6.07) is 10.4. The van der Waals surface area contributed by atoms with Crippen LogP contribution in [-0.4, -0.2) is 10.9 Å². The number of hydrogen-bond donors (Lipinski definition) is 1. The summed E-state index contributed by atoms with van der Waals surface area (Å²) in [6.07, 6.45) is 0.189. The monoisotopic (exact) mass is 326 g/mol. The van der Waals surface area contributed by atoms with Crippen LogP contribution in [0.3, 0.4) is 0 Å². The average molecular weight is 326 g/mol. The standard InChI is InChI=1S/C14H15O5PS/c1-2-13(15)18-12-8-14(21-10-12)19-20(16,17)9-11-6-4-3-5-7-11/h3-8,10H,2,9H2,1H3,(H,16,17). The zero-order valence-corrected chi connectivity index (χ0v) is 13.1. The average Bonchev–Trinajstić information content (AvgIpc) is 2.85. The molecule has 0 aliphatic heterocycles. The van der Waals surface area contributed by atoms with Crippen LogP contribution in [0.1, 0.15) is 18.9 Å². The zero-order valence-electron chi connectivity index (χ0n) is 11.4. The Morgan fingerprint density at radius 1 is 1.33 bits per heavy atom. The van der Waals surface area contributed by atoms with Crippen LogP contribution in [0.25, 0.3) is 0 Å². The third-order valence-corrected chi connectivity index (χ3v) is 4.68. The molecule has 21 heavy (non-hydrogen) atoms. The molecule has 1 aromatic carbocycles. The molecule has 1 atom stereocenters. The Balaban J connectivity index is 2.00. The number of rotatable bonds is 6. The first kappa shape index (κ1) is 15.8. The second kappa shape index (κ2) is 6.89. The minimum atomic E-state index is -3.79. The Morgan fingerprint density at radius 3 is 2.71 bits per heavy atom. The summed E-state index contributed by atoms with van der Waals surface area (Å²) in [6.45, 7) is 1.69. The fourth-order valence-electron chi connectivity index (χ4n) is 1.59. The van der Waals surface area contributed by atoms with E-state index in [0.717, 1.165) is 16.9 Å². The van der Waals surface area contributed by atoms with Gasteiger partial charge in [0.15, 0.2) is 5.06 Å². The van der Waals surface area contributed by atoms with Gasteiger partial charge in [0.1, 0.15) is 5.75 Å². The van der Waals surface area contributed by atoms with Gasteiger partial charge in [0.2, 0.25) is 0 Å². The van der Waals surface area contributed by atoms with Crippen LogP contribution in [0.15, 0.2) is 41.8 Å². The maximum absolute atomic E-state index is 12.1. The second-order valence-corrected chi connectivity index (χ2v) is 6.95. The first-order chi connectivity index (χ1) is 9.98. The molecule has 7 heteroatoms. The van der Waals surface area contributed by atoms with Crippen LogP contribution >= 0.6 is 18.9 Å². The maximum atomic E-state index is 12.1. The number of benzene rings is 1. The summed E-state index contributed by atoms with van der Waals surface area (Å²) in [5.41, 5.74) is 0.720. The molecule has 0 bridgehead atoms. The van der Waals surface area contributed by atoms with Crippen molar-refractivity contribution in [3.63, 3.8) is 0 Å². The molecule has 0 aliphatic rings. The highest BCUT2D eigenvalue weighted by molar-refractivity contribution is 7.52. The van der Waals surface area contributed by atoms with Gasteiger partial charge in [-0.15, -0.1) is 11.3 Å². The van der Waals surface area contributed by atoms with Crippen LogP contribution in [0.5, 0.6) is 10.8 Å². The van der Waals surface area contributed by atoms with Crippen molar-refractivity contribution < 1.29 is 23.5 Å². The fourth-order valence-corrected chi connectivity index (χ4v) is 3.72. The quantitative estimate of drug-likeness (QED) is 0.645. The van der Waals surface area contributed by atoms with Gasteiger partial charge < -0.3 is 14.2 Å². The van der Waals surface area contributed by atoms with Gasteiger partial charge in [-0.2, -0.15) is 0 Å². The summed E-state index contributed by atoms with van der Waals surface area (Å²) in [4.78, 5) is 21.0. The van der Waals surface area contributed by atoms with Gasteiger partial charge in [0.05, 0.1) is 6.16 Å². The third kappa shape index (κ3) is 5.01. The lowest BCUT2D eigenvalue weighted by Gasteiger charge is -2.11. The predicted octanol–water partition coefficient (Wildman–Crippen LogP) is 3.83. The molecule has 112 valence electrons. The van der Waals surface area contributed by atoms with Crippen molar-refractivity contribution in [1.29, 1.82) is 0 Å². The Labute approximate surface area is 126 Å². The van der Waals surface area contributed by atoms with E-state index in [1.165, 1.54) is 6.07 Å². The van der Waals surface area contributed by atoms with E-state index in [1.807, 2.05) is 6.07 Å². The Hall–Kier alpha value is -1.62. The first-order valence-electron chi connectivity index (χ1n) is 6.33. The lowest BCUT2D eigenvalue weighted by atomic mass is 10.2. The molecule has 1 heterocycles. The highest BCUT2D eigenvalue weighted by Crippen LogP contribution is 2.48. The first-order valence-corrected chi connectivity index (χ1v) is 8.97. The molecule has 0 spiro atoms. The molecule has 1 N–H and O–H groups in total. The van der Waals surface area contributed by atoms with E-state index >= 15 is 0 Å². The highest BCUT2D eigenvalue weighted by Gasteiger charge is 2.23. The van der Waals surface area contributed by atoms with Gasteiger partial charge in [-0.3, -0.25) is 4.79 Å². The molecule has 1 unspecified atom stereocenters. The van der Waals surface area contributed by atoms with Crippen LogP contribution in [0, 0.1) is 0 Å². The van der Waals surface area contributed by atoms with Crippen LogP contribution in [0.2, 0.25) is 0 Å². The van der Waals surface area contributed by atoms with E-state index in [0.29, 0.717) is 5.75 Å². The van der Waals surface area contributed by atoms with Gasteiger partial charge in [-0.1, -0.05) is 37.3 Å². The number of hydrogen-bond acceptors (Lipinski definition) is 5. The lowest BCUT2D eigenvalue weighted by molar-refractivity contribution is -0.133. The molecular formula is C14H15O5PS. The molecule has 0 aliphatic carbocycles. The number of ether oxygens (including phenoxy) is 1. The van der Waals surface area contributed by atoms with Crippen LogP contribution in [-0.2, 0) is 15.5 Å². The van der Waals surface area contributed by atoms with Gasteiger partial charge >= 0.3 is 13.6 Å². The maximum Gasteiger partial charge on any atom is 0.381 e. The van der Waals surface area contributed by atoms with E-state index in [9.17, 15) is 14.3 Å². The normalized spacial score (nSPS) is 13.4. The SMILES string of the molecule is CCC(=O)Oc1csc(OP(=O)(O)Cc2ccccc2)c1. The number of thiophene rings is 1.